The Kier molecular flexibility index (Phi) is 4.76. The van der Waals surface area contributed by atoms with E-state index in [1.165, 1.54) is 12.8 Å². The third kappa shape index (κ3) is 3.57. The van der Waals surface area contributed by atoms with Crippen molar-refractivity contribution in [2.45, 2.75) is 25.7 Å². The van der Waals surface area contributed by atoms with E-state index in [1.807, 2.05) is 37.4 Å². The minimum Gasteiger partial charge on any atom is -0.316 e. The van der Waals surface area contributed by atoms with Crippen LogP contribution in [0.25, 0.3) is 0 Å². The number of rotatable bonds is 4. The lowest BCUT2D eigenvalue weighted by Crippen LogP contribution is -2.29. The Bertz CT molecular complexity index is 371. The van der Waals surface area contributed by atoms with E-state index in [-0.39, 0.29) is 5.91 Å². The second kappa shape index (κ2) is 6.55. The minimum absolute atomic E-state index is 0.201. The second-order valence-corrected chi connectivity index (χ2v) is 4.97. The Labute approximate surface area is 109 Å². The summed E-state index contributed by atoms with van der Waals surface area (Å²) in [5.41, 5.74) is 0.968. The molecular formula is C15H21N2O. The molecule has 0 saturated carbocycles. The fourth-order valence-corrected chi connectivity index (χ4v) is 2.38. The molecule has 97 valence electrons. The predicted molar refractivity (Wildman–Crippen MR) is 73.7 cm³/mol. The lowest BCUT2D eigenvalue weighted by molar-refractivity contribution is -0.118. The summed E-state index contributed by atoms with van der Waals surface area (Å²) in [7, 11) is 1.85. The molecule has 1 aromatic carbocycles. The molecule has 1 aliphatic heterocycles. The monoisotopic (exact) mass is 245 g/mol. The van der Waals surface area contributed by atoms with Gasteiger partial charge in [0, 0.05) is 32.2 Å². The van der Waals surface area contributed by atoms with E-state index >= 15 is 0 Å². The van der Waals surface area contributed by atoms with Gasteiger partial charge >= 0.3 is 0 Å². The molecule has 3 heteroatoms. The van der Waals surface area contributed by atoms with Crippen molar-refractivity contribution in [3.8, 4) is 0 Å². The molecule has 1 saturated heterocycles. The topological polar surface area (TPSA) is 34.4 Å². The molecule has 0 N–H and O–H groups in total. The van der Waals surface area contributed by atoms with Gasteiger partial charge in [-0.3, -0.25) is 4.79 Å². The fraction of sp³-hybridized carbons (Fsp3) is 0.533. The molecule has 0 spiro atoms. The van der Waals surface area contributed by atoms with Gasteiger partial charge in [-0.2, -0.15) is 0 Å². The summed E-state index contributed by atoms with van der Waals surface area (Å²) < 4.78 is 0. The van der Waals surface area contributed by atoms with Gasteiger partial charge in [-0.1, -0.05) is 18.2 Å². The van der Waals surface area contributed by atoms with E-state index in [0.717, 1.165) is 25.2 Å². The lowest BCUT2D eigenvalue weighted by atomic mass is 9.94. The molecule has 1 atom stereocenters. The molecular weight excluding hydrogens is 224 g/mol. The molecule has 18 heavy (non-hydrogen) atoms. The van der Waals surface area contributed by atoms with Gasteiger partial charge in [-0.15, -0.1) is 0 Å². The first-order valence-corrected chi connectivity index (χ1v) is 6.72. The van der Waals surface area contributed by atoms with Crippen LogP contribution in [0.3, 0.4) is 0 Å². The van der Waals surface area contributed by atoms with Gasteiger partial charge in [0.2, 0.25) is 5.91 Å². The quantitative estimate of drug-likeness (QED) is 0.802. The minimum atomic E-state index is 0.201. The van der Waals surface area contributed by atoms with Crippen LogP contribution in [0.2, 0.25) is 0 Å². The Hall–Kier alpha value is -1.35. The molecule has 3 nitrogen and oxygen atoms in total. The second-order valence-electron chi connectivity index (χ2n) is 4.97. The van der Waals surface area contributed by atoms with E-state index in [0.29, 0.717) is 12.3 Å². The Balaban J connectivity index is 1.80. The van der Waals surface area contributed by atoms with E-state index in [4.69, 9.17) is 0 Å². The Morgan fingerprint density at radius 1 is 1.39 bits per heavy atom. The van der Waals surface area contributed by atoms with Crippen molar-refractivity contribution in [3.63, 3.8) is 0 Å². The number of hydrogen-bond acceptors (Lipinski definition) is 1. The van der Waals surface area contributed by atoms with Gasteiger partial charge in [0.1, 0.15) is 0 Å². The van der Waals surface area contributed by atoms with Gasteiger partial charge in [-0.05, 0) is 37.3 Å². The smallest absolute Gasteiger partial charge is 0.226 e. The van der Waals surface area contributed by atoms with Crippen LogP contribution in [0.15, 0.2) is 30.3 Å². The molecule has 1 aromatic rings. The summed E-state index contributed by atoms with van der Waals surface area (Å²) in [5, 5.41) is 4.41. The average molecular weight is 245 g/mol. The Morgan fingerprint density at radius 2 is 2.17 bits per heavy atom. The maximum atomic E-state index is 12.1. The standard InChI is InChI=1S/C15H21N2O/c1-17(14-7-3-2-4-8-14)15(18)10-9-13-6-5-11-16-12-13/h2-4,7-8,13H,5-6,9-12H2,1H3. The van der Waals surface area contributed by atoms with Crippen molar-refractivity contribution in [1.82, 2.24) is 5.32 Å². The number of para-hydroxylation sites is 1. The summed E-state index contributed by atoms with van der Waals surface area (Å²) in [6, 6.07) is 9.81. The molecule has 1 radical (unpaired) electrons. The largest absolute Gasteiger partial charge is 0.316 e. The summed E-state index contributed by atoms with van der Waals surface area (Å²) >= 11 is 0. The fourth-order valence-electron chi connectivity index (χ4n) is 2.38. The predicted octanol–water partition coefficient (Wildman–Crippen LogP) is 2.44. The molecule has 1 aliphatic rings. The van der Waals surface area contributed by atoms with Crippen molar-refractivity contribution in [3.05, 3.63) is 30.3 Å². The van der Waals surface area contributed by atoms with Gasteiger partial charge in [-0.25, -0.2) is 5.32 Å². The van der Waals surface area contributed by atoms with Crippen LogP contribution in [0.1, 0.15) is 25.7 Å². The lowest BCUT2D eigenvalue weighted by Gasteiger charge is -2.23. The average Bonchev–Trinajstić information content (AvgIpc) is 2.46. The normalized spacial score (nSPS) is 19.5. The molecule has 0 bridgehead atoms. The van der Waals surface area contributed by atoms with Crippen LogP contribution in [-0.2, 0) is 4.79 Å². The molecule has 2 rings (SSSR count). The molecule has 1 heterocycles. The highest BCUT2D eigenvalue weighted by molar-refractivity contribution is 5.92. The highest BCUT2D eigenvalue weighted by atomic mass is 16.2. The first-order valence-electron chi connectivity index (χ1n) is 6.72. The van der Waals surface area contributed by atoms with Crippen molar-refractivity contribution in [2.24, 2.45) is 5.92 Å². The number of anilines is 1. The number of nitrogens with zero attached hydrogens (tertiary/aromatic N) is 2. The summed E-state index contributed by atoms with van der Waals surface area (Å²) in [5.74, 6) is 0.818. The summed E-state index contributed by atoms with van der Waals surface area (Å²) in [6.07, 6.45) is 4.02. The van der Waals surface area contributed by atoms with E-state index in [1.54, 1.807) is 4.90 Å². The zero-order valence-corrected chi connectivity index (χ0v) is 11.0. The Morgan fingerprint density at radius 3 is 2.83 bits per heavy atom. The highest BCUT2D eigenvalue weighted by Crippen LogP contribution is 2.19. The van der Waals surface area contributed by atoms with Crippen LogP contribution in [0.5, 0.6) is 0 Å². The zero-order chi connectivity index (χ0) is 12.8. The van der Waals surface area contributed by atoms with Crippen LogP contribution >= 0.6 is 0 Å². The maximum Gasteiger partial charge on any atom is 0.226 e. The molecule has 0 aliphatic carbocycles. The molecule has 1 amide bonds. The number of hydrogen-bond donors (Lipinski definition) is 0. The van der Waals surface area contributed by atoms with E-state index in [2.05, 4.69) is 5.32 Å². The number of benzene rings is 1. The maximum absolute atomic E-state index is 12.1. The van der Waals surface area contributed by atoms with Crippen molar-refractivity contribution >= 4 is 11.6 Å². The van der Waals surface area contributed by atoms with Crippen LogP contribution in [0.4, 0.5) is 5.69 Å². The van der Waals surface area contributed by atoms with E-state index in [9.17, 15) is 4.79 Å². The number of carbonyl (C=O) groups is 1. The summed E-state index contributed by atoms with van der Waals surface area (Å²) in [6.45, 7) is 1.96. The first-order chi connectivity index (χ1) is 8.77. The van der Waals surface area contributed by atoms with Crippen LogP contribution in [0, 0.1) is 5.92 Å². The highest BCUT2D eigenvalue weighted by Gasteiger charge is 2.17. The van der Waals surface area contributed by atoms with Crippen molar-refractivity contribution in [2.75, 3.05) is 25.0 Å². The first kappa shape index (κ1) is 13.1. The number of amides is 1. The van der Waals surface area contributed by atoms with Gasteiger partial charge in [0.05, 0.1) is 0 Å². The molecule has 1 fully saturated rings. The van der Waals surface area contributed by atoms with Gasteiger partial charge in [0.15, 0.2) is 0 Å². The van der Waals surface area contributed by atoms with Gasteiger partial charge < -0.3 is 4.90 Å². The number of piperidine rings is 1. The zero-order valence-electron chi connectivity index (χ0n) is 11.0. The third-order valence-corrected chi connectivity index (χ3v) is 3.60. The van der Waals surface area contributed by atoms with Crippen molar-refractivity contribution in [1.29, 1.82) is 0 Å². The third-order valence-electron chi connectivity index (χ3n) is 3.60. The molecule has 1 unspecified atom stereocenters. The van der Waals surface area contributed by atoms with Crippen LogP contribution in [-0.4, -0.2) is 26.0 Å². The summed E-state index contributed by atoms with van der Waals surface area (Å²) in [4.78, 5) is 13.8. The van der Waals surface area contributed by atoms with Crippen LogP contribution < -0.4 is 10.2 Å². The van der Waals surface area contributed by atoms with E-state index < -0.39 is 0 Å². The molecule has 0 aromatic heterocycles. The number of carbonyl (C=O) groups excluding carboxylic acids is 1. The SMILES string of the molecule is CN(C(=O)CCC1CCC[N]C1)c1ccccc1. The van der Waals surface area contributed by atoms with Crippen molar-refractivity contribution < 1.29 is 4.79 Å². The van der Waals surface area contributed by atoms with Gasteiger partial charge in [0.25, 0.3) is 0 Å².